The first kappa shape index (κ1) is 11.5. The maximum absolute atomic E-state index is 12.0. The van der Waals surface area contributed by atoms with Crippen LogP contribution in [0.25, 0.3) is 0 Å². The van der Waals surface area contributed by atoms with Crippen LogP contribution in [-0.4, -0.2) is 12.5 Å². The minimum atomic E-state index is -0.396. The molecule has 0 aliphatic carbocycles. The molecule has 0 unspecified atom stereocenters. The van der Waals surface area contributed by atoms with Crippen LogP contribution >= 0.6 is 15.9 Å². The van der Waals surface area contributed by atoms with Crippen molar-refractivity contribution in [3.8, 4) is 0 Å². The third-order valence-corrected chi connectivity index (χ3v) is 3.43. The normalized spacial score (nSPS) is 18.1. The van der Waals surface area contributed by atoms with Crippen molar-refractivity contribution in [1.82, 2.24) is 0 Å². The number of aryl methyl sites for hydroxylation is 1. The summed E-state index contributed by atoms with van der Waals surface area (Å²) in [5, 5.41) is 6.27. The summed E-state index contributed by atoms with van der Waals surface area (Å²) in [6, 6.07) is 4.02. The first-order chi connectivity index (χ1) is 7.40. The standard InChI is InChI=1S/C12H15BrN2O/c1-7-4-8(13)10-9(5-7)15-11(16)12(2,3)6-14-10/h4-5,14H,6H2,1-3H3,(H,15,16). The van der Waals surface area contributed by atoms with Gasteiger partial charge in [-0.15, -0.1) is 0 Å². The number of carbonyl (C=O) groups is 1. The number of anilines is 2. The molecule has 1 aromatic rings. The Balaban J connectivity index is 2.49. The van der Waals surface area contributed by atoms with Crippen LogP contribution in [0, 0.1) is 12.3 Å². The molecule has 2 rings (SSSR count). The Kier molecular flexibility index (Phi) is 2.70. The topological polar surface area (TPSA) is 41.1 Å². The predicted molar refractivity (Wildman–Crippen MR) is 69.8 cm³/mol. The van der Waals surface area contributed by atoms with Gasteiger partial charge in [-0.2, -0.15) is 0 Å². The summed E-state index contributed by atoms with van der Waals surface area (Å²) < 4.78 is 0.987. The molecule has 86 valence electrons. The average molecular weight is 283 g/mol. The number of carbonyl (C=O) groups excluding carboxylic acids is 1. The first-order valence-corrected chi connectivity index (χ1v) is 6.05. The van der Waals surface area contributed by atoms with Crippen LogP contribution < -0.4 is 10.6 Å². The highest BCUT2D eigenvalue weighted by atomic mass is 79.9. The van der Waals surface area contributed by atoms with E-state index in [4.69, 9.17) is 0 Å². The van der Waals surface area contributed by atoms with Crippen molar-refractivity contribution < 1.29 is 4.79 Å². The van der Waals surface area contributed by atoms with Gasteiger partial charge in [0, 0.05) is 11.0 Å². The van der Waals surface area contributed by atoms with E-state index in [2.05, 4.69) is 26.6 Å². The van der Waals surface area contributed by atoms with Crippen LogP contribution in [0.3, 0.4) is 0 Å². The van der Waals surface area contributed by atoms with Crippen molar-refractivity contribution in [3.05, 3.63) is 22.2 Å². The monoisotopic (exact) mass is 282 g/mol. The molecule has 0 atom stereocenters. The Hall–Kier alpha value is -1.03. The zero-order valence-electron chi connectivity index (χ0n) is 9.65. The van der Waals surface area contributed by atoms with Gasteiger partial charge in [-0.3, -0.25) is 4.79 Å². The molecule has 4 heteroatoms. The zero-order chi connectivity index (χ0) is 11.9. The van der Waals surface area contributed by atoms with Crippen molar-refractivity contribution in [2.45, 2.75) is 20.8 Å². The van der Waals surface area contributed by atoms with E-state index in [0.29, 0.717) is 6.54 Å². The second-order valence-corrected chi connectivity index (χ2v) is 5.72. The molecule has 1 aromatic carbocycles. The minimum absolute atomic E-state index is 0.0521. The fraction of sp³-hybridized carbons (Fsp3) is 0.417. The van der Waals surface area contributed by atoms with Crippen LogP contribution in [0.5, 0.6) is 0 Å². The van der Waals surface area contributed by atoms with E-state index in [0.717, 1.165) is 21.4 Å². The summed E-state index contributed by atoms with van der Waals surface area (Å²) in [4.78, 5) is 12.0. The van der Waals surface area contributed by atoms with E-state index in [1.54, 1.807) is 0 Å². The van der Waals surface area contributed by atoms with Crippen LogP contribution in [0.2, 0.25) is 0 Å². The van der Waals surface area contributed by atoms with Crippen LogP contribution in [-0.2, 0) is 4.79 Å². The Morgan fingerprint density at radius 2 is 2.06 bits per heavy atom. The van der Waals surface area contributed by atoms with Gasteiger partial charge in [0.2, 0.25) is 5.91 Å². The molecule has 0 spiro atoms. The smallest absolute Gasteiger partial charge is 0.231 e. The second kappa shape index (κ2) is 3.77. The van der Waals surface area contributed by atoms with E-state index in [1.165, 1.54) is 0 Å². The van der Waals surface area contributed by atoms with E-state index in [9.17, 15) is 4.79 Å². The Morgan fingerprint density at radius 1 is 1.38 bits per heavy atom. The van der Waals surface area contributed by atoms with Gasteiger partial charge >= 0.3 is 0 Å². The zero-order valence-corrected chi connectivity index (χ0v) is 11.2. The van der Waals surface area contributed by atoms with Crippen molar-refractivity contribution in [2.24, 2.45) is 5.41 Å². The number of halogens is 1. The molecule has 1 aliphatic heterocycles. The number of hydrogen-bond acceptors (Lipinski definition) is 2. The molecule has 0 radical (unpaired) electrons. The fourth-order valence-electron chi connectivity index (χ4n) is 1.70. The lowest BCUT2D eigenvalue weighted by Gasteiger charge is -2.19. The van der Waals surface area contributed by atoms with Gasteiger partial charge in [0.05, 0.1) is 16.8 Å². The molecule has 16 heavy (non-hydrogen) atoms. The molecule has 0 saturated carbocycles. The molecule has 1 aliphatic rings. The molecule has 2 N–H and O–H groups in total. The van der Waals surface area contributed by atoms with Crippen LogP contribution in [0.1, 0.15) is 19.4 Å². The second-order valence-electron chi connectivity index (χ2n) is 4.86. The number of benzene rings is 1. The summed E-state index contributed by atoms with van der Waals surface area (Å²) in [5.41, 5.74) is 2.53. The van der Waals surface area contributed by atoms with Gasteiger partial charge in [-0.25, -0.2) is 0 Å². The molecule has 0 bridgehead atoms. The van der Waals surface area contributed by atoms with Gasteiger partial charge in [0.15, 0.2) is 0 Å². The molecule has 0 saturated heterocycles. The highest BCUT2D eigenvalue weighted by Crippen LogP contribution is 2.36. The minimum Gasteiger partial charge on any atom is -0.381 e. The maximum Gasteiger partial charge on any atom is 0.231 e. The SMILES string of the molecule is Cc1cc(Br)c2c(c1)NC(=O)C(C)(C)CN2. The van der Waals surface area contributed by atoms with E-state index < -0.39 is 5.41 Å². The highest BCUT2D eigenvalue weighted by Gasteiger charge is 2.31. The average Bonchev–Trinajstić information content (AvgIpc) is 2.25. The van der Waals surface area contributed by atoms with Crippen molar-refractivity contribution in [2.75, 3.05) is 17.2 Å². The highest BCUT2D eigenvalue weighted by molar-refractivity contribution is 9.10. The van der Waals surface area contributed by atoms with E-state index >= 15 is 0 Å². The fourth-order valence-corrected chi connectivity index (χ4v) is 2.42. The third kappa shape index (κ3) is 1.94. The Labute approximate surface area is 104 Å². The van der Waals surface area contributed by atoms with E-state index in [1.807, 2.05) is 32.9 Å². The largest absolute Gasteiger partial charge is 0.381 e. The third-order valence-electron chi connectivity index (χ3n) is 2.80. The van der Waals surface area contributed by atoms with E-state index in [-0.39, 0.29) is 5.91 Å². The van der Waals surface area contributed by atoms with Gasteiger partial charge < -0.3 is 10.6 Å². The van der Waals surface area contributed by atoms with Crippen LogP contribution in [0.4, 0.5) is 11.4 Å². The maximum atomic E-state index is 12.0. The number of rotatable bonds is 0. The quantitative estimate of drug-likeness (QED) is 0.768. The van der Waals surface area contributed by atoms with Crippen molar-refractivity contribution in [1.29, 1.82) is 0 Å². The van der Waals surface area contributed by atoms with Crippen molar-refractivity contribution >= 4 is 33.2 Å². The summed E-state index contributed by atoms with van der Waals surface area (Å²) in [7, 11) is 0. The lowest BCUT2D eigenvalue weighted by atomic mass is 9.93. The summed E-state index contributed by atoms with van der Waals surface area (Å²) in [5.74, 6) is 0.0521. The van der Waals surface area contributed by atoms with Gasteiger partial charge in [-0.05, 0) is 54.4 Å². The Morgan fingerprint density at radius 3 is 2.75 bits per heavy atom. The van der Waals surface area contributed by atoms with Gasteiger partial charge in [0.1, 0.15) is 0 Å². The lowest BCUT2D eigenvalue weighted by molar-refractivity contribution is -0.123. The number of hydrogen-bond donors (Lipinski definition) is 2. The Bertz CT molecular complexity index is 455. The van der Waals surface area contributed by atoms with Gasteiger partial charge in [-0.1, -0.05) is 0 Å². The van der Waals surface area contributed by atoms with Gasteiger partial charge in [0.25, 0.3) is 0 Å². The number of amides is 1. The summed E-state index contributed by atoms with van der Waals surface area (Å²) >= 11 is 3.51. The van der Waals surface area contributed by atoms with Crippen molar-refractivity contribution in [3.63, 3.8) is 0 Å². The summed E-state index contributed by atoms with van der Waals surface area (Å²) in [6.45, 7) is 6.50. The summed E-state index contributed by atoms with van der Waals surface area (Å²) in [6.07, 6.45) is 0. The molecule has 1 heterocycles. The lowest BCUT2D eigenvalue weighted by Crippen LogP contribution is -2.34. The molecular formula is C12H15BrN2O. The number of nitrogens with one attached hydrogen (secondary N) is 2. The molecule has 0 fully saturated rings. The number of fused-ring (bicyclic) bond motifs is 1. The van der Waals surface area contributed by atoms with Crippen LogP contribution in [0.15, 0.2) is 16.6 Å². The molecule has 1 amide bonds. The molecular weight excluding hydrogens is 268 g/mol. The molecule has 3 nitrogen and oxygen atoms in total. The first-order valence-electron chi connectivity index (χ1n) is 5.25. The predicted octanol–water partition coefficient (Wildman–Crippen LogP) is 3.15. The molecule has 0 aromatic heterocycles.